The number of aliphatic hydroxyl groups excluding tert-OH is 4. The summed E-state index contributed by atoms with van der Waals surface area (Å²) in [5.41, 5.74) is 0. The molecular weight excluding hydrogens is 288 g/mol. The summed E-state index contributed by atoms with van der Waals surface area (Å²) in [5.74, 6) is -2.84. The van der Waals surface area contributed by atoms with Gasteiger partial charge in [-0.05, 0) is 0 Å². The largest absolute Gasteiger partial charge is 0.394 e. The van der Waals surface area contributed by atoms with Crippen LogP contribution in [0.1, 0.15) is 6.92 Å². The molecule has 1 rings (SSSR count). The normalized spacial score (nSPS) is 44.4. The van der Waals surface area contributed by atoms with Crippen molar-refractivity contribution < 1.29 is 33.8 Å². The van der Waals surface area contributed by atoms with Gasteiger partial charge >= 0.3 is 0 Å². The van der Waals surface area contributed by atoms with E-state index in [0.717, 1.165) is 6.92 Å². The molecule has 1 heterocycles. The molecule has 0 aliphatic carbocycles. The number of Topliss-reactive ketones (excluding diaryl/α,β-unsaturated/α-hetero) is 1. The first-order chi connectivity index (χ1) is 7.40. The molecule has 16 heavy (non-hydrogen) atoms. The minimum atomic E-state index is -2.13. The predicted octanol–water partition coefficient (Wildman–Crippen LogP) is -1.93. The Labute approximate surface area is 100 Å². The molecule has 4 N–H and O–H groups in total. The molecule has 7 nitrogen and oxygen atoms in total. The maximum Gasteiger partial charge on any atom is 0.269 e. The third-order valence-electron chi connectivity index (χ3n) is 2.56. The van der Waals surface area contributed by atoms with Crippen molar-refractivity contribution in [3.8, 4) is 0 Å². The predicted molar refractivity (Wildman–Crippen MR) is 53.4 cm³/mol. The van der Waals surface area contributed by atoms with Crippen LogP contribution >= 0.6 is 16.3 Å². The number of rotatable bonds is 3. The van der Waals surface area contributed by atoms with Gasteiger partial charge < -0.3 is 25.2 Å². The Morgan fingerprint density at radius 1 is 1.44 bits per heavy atom. The number of hydrogen-bond donors (Lipinski definition) is 4. The zero-order chi connectivity index (χ0) is 12.5. The highest BCUT2D eigenvalue weighted by Gasteiger charge is 2.57. The third-order valence-corrected chi connectivity index (χ3v) is 3.04. The lowest BCUT2D eigenvalue weighted by molar-refractivity contribution is -0.314. The van der Waals surface area contributed by atoms with Gasteiger partial charge in [-0.15, -0.1) is 0 Å². The molecule has 0 aromatic carbocycles. The van der Waals surface area contributed by atoms with E-state index in [4.69, 9.17) is 9.84 Å². The monoisotopic (exact) mass is 300 g/mol. The van der Waals surface area contributed by atoms with Crippen LogP contribution in [0.25, 0.3) is 0 Å². The standard InChI is InChI=1S/C8H13BrO7/c1-3(11)8(16-9)7(14)6(13)5(12)4(2-10)15-8/h4-7,10,12-14H,2H2,1H3/t4-,5+,6+,7-,8-/m1/s1. The van der Waals surface area contributed by atoms with Crippen LogP contribution in [0.3, 0.4) is 0 Å². The summed E-state index contributed by atoms with van der Waals surface area (Å²) >= 11 is 2.53. The molecule has 0 spiro atoms. The van der Waals surface area contributed by atoms with Gasteiger partial charge in [0, 0.05) is 6.92 Å². The van der Waals surface area contributed by atoms with E-state index >= 15 is 0 Å². The first-order valence-electron chi connectivity index (χ1n) is 4.54. The van der Waals surface area contributed by atoms with Crippen molar-refractivity contribution in [2.24, 2.45) is 0 Å². The molecule has 8 heteroatoms. The summed E-state index contributed by atoms with van der Waals surface area (Å²) in [5, 5.41) is 37.5. The van der Waals surface area contributed by atoms with Crippen LogP contribution in [0.2, 0.25) is 0 Å². The second-order valence-corrected chi connectivity index (χ2v) is 3.89. The number of ether oxygens (including phenoxy) is 1. The maximum atomic E-state index is 11.4. The average Bonchev–Trinajstić information content (AvgIpc) is 2.27. The Balaban J connectivity index is 3.06. The molecule has 0 radical (unpaired) electrons. The van der Waals surface area contributed by atoms with Crippen molar-refractivity contribution in [1.82, 2.24) is 0 Å². The number of ketones is 1. The third kappa shape index (κ3) is 2.02. The Morgan fingerprint density at radius 3 is 2.38 bits per heavy atom. The molecule has 1 saturated heterocycles. The highest BCUT2D eigenvalue weighted by Crippen LogP contribution is 2.33. The van der Waals surface area contributed by atoms with Crippen LogP contribution in [0.4, 0.5) is 0 Å². The van der Waals surface area contributed by atoms with Gasteiger partial charge in [-0.25, -0.2) is 0 Å². The van der Waals surface area contributed by atoms with Crippen molar-refractivity contribution in [2.75, 3.05) is 6.61 Å². The molecule has 1 aliphatic heterocycles. The summed E-state index contributed by atoms with van der Waals surface area (Å²) in [7, 11) is 0. The second-order valence-electron chi connectivity index (χ2n) is 3.57. The number of carbonyl (C=O) groups excluding carboxylic acids is 1. The SMILES string of the molecule is CC(=O)[C@]1(OBr)O[C@H](CO)[C@H](O)[C@H](O)[C@H]1O. The molecule has 1 fully saturated rings. The van der Waals surface area contributed by atoms with E-state index in [1.807, 2.05) is 0 Å². The highest BCUT2D eigenvalue weighted by atomic mass is 79.9. The Morgan fingerprint density at radius 2 is 2.00 bits per heavy atom. The quantitative estimate of drug-likeness (QED) is 0.480. The van der Waals surface area contributed by atoms with Gasteiger partial charge in [0.15, 0.2) is 5.78 Å². The Bertz CT molecular complexity index is 271. The number of aliphatic hydroxyl groups is 4. The summed E-state index contributed by atoms with van der Waals surface area (Å²) in [4.78, 5) is 11.4. The van der Waals surface area contributed by atoms with Crippen LogP contribution in [0, 0.1) is 0 Å². The van der Waals surface area contributed by atoms with Gasteiger partial charge in [-0.1, -0.05) is 0 Å². The van der Waals surface area contributed by atoms with Gasteiger partial charge in [0.1, 0.15) is 40.7 Å². The fourth-order valence-corrected chi connectivity index (χ4v) is 2.05. The van der Waals surface area contributed by atoms with E-state index in [0.29, 0.717) is 0 Å². The van der Waals surface area contributed by atoms with Crippen LogP contribution in [-0.2, 0) is 13.4 Å². The lowest BCUT2D eigenvalue weighted by Crippen LogP contribution is -2.67. The van der Waals surface area contributed by atoms with Gasteiger partial charge in [0.2, 0.25) is 0 Å². The first-order valence-corrected chi connectivity index (χ1v) is 5.19. The summed E-state index contributed by atoms with van der Waals surface area (Å²) < 4.78 is 9.61. The van der Waals surface area contributed by atoms with E-state index < -0.39 is 42.6 Å². The fraction of sp³-hybridized carbons (Fsp3) is 0.875. The zero-order valence-corrected chi connectivity index (χ0v) is 9.99. The summed E-state index contributed by atoms with van der Waals surface area (Å²) in [6.07, 6.45) is -6.15. The maximum absolute atomic E-state index is 11.4. The molecular formula is C8H13BrO7. The molecule has 0 aromatic heterocycles. The van der Waals surface area contributed by atoms with E-state index in [-0.39, 0.29) is 0 Å². The van der Waals surface area contributed by atoms with E-state index in [1.165, 1.54) is 0 Å². The minimum Gasteiger partial charge on any atom is -0.394 e. The Kier molecular flexibility index (Phi) is 4.41. The summed E-state index contributed by atoms with van der Waals surface area (Å²) in [6, 6.07) is 0. The Hall–Kier alpha value is -0.0900. The van der Waals surface area contributed by atoms with E-state index in [9.17, 15) is 20.1 Å². The molecule has 0 aromatic rings. The van der Waals surface area contributed by atoms with E-state index in [2.05, 4.69) is 20.1 Å². The van der Waals surface area contributed by atoms with Gasteiger partial charge in [-0.3, -0.25) is 8.62 Å². The van der Waals surface area contributed by atoms with Crippen molar-refractivity contribution in [2.45, 2.75) is 37.1 Å². The molecule has 0 bridgehead atoms. The van der Waals surface area contributed by atoms with E-state index in [1.54, 1.807) is 0 Å². The lowest BCUT2D eigenvalue weighted by atomic mass is 9.90. The lowest BCUT2D eigenvalue weighted by Gasteiger charge is -2.45. The van der Waals surface area contributed by atoms with Crippen molar-refractivity contribution >= 4 is 22.0 Å². The zero-order valence-electron chi connectivity index (χ0n) is 8.41. The first kappa shape index (κ1) is 14.0. The fourth-order valence-electron chi connectivity index (χ4n) is 1.55. The van der Waals surface area contributed by atoms with Crippen molar-refractivity contribution in [3.05, 3.63) is 0 Å². The van der Waals surface area contributed by atoms with Crippen LogP contribution in [0.15, 0.2) is 0 Å². The van der Waals surface area contributed by atoms with Crippen LogP contribution < -0.4 is 0 Å². The molecule has 0 amide bonds. The number of halogens is 1. The molecule has 0 saturated carbocycles. The van der Waals surface area contributed by atoms with Crippen LogP contribution in [-0.4, -0.2) is 63.0 Å². The smallest absolute Gasteiger partial charge is 0.269 e. The number of carbonyl (C=O) groups is 1. The van der Waals surface area contributed by atoms with Crippen molar-refractivity contribution in [1.29, 1.82) is 0 Å². The minimum absolute atomic E-state index is 0.629. The molecule has 94 valence electrons. The topological polar surface area (TPSA) is 116 Å². The molecule has 0 unspecified atom stereocenters. The molecule has 5 atom stereocenters. The van der Waals surface area contributed by atoms with Crippen molar-refractivity contribution in [3.63, 3.8) is 0 Å². The highest BCUT2D eigenvalue weighted by molar-refractivity contribution is 9.06. The van der Waals surface area contributed by atoms with Gasteiger partial charge in [-0.2, -0.15) is 0 Å². The van der Waals surface area contributed by atoms with Crippen LogP contribution in [0.5, 0.6) is 0 Å². The van der Waals surface area contributed by atoms with Gasteiger partial charge in [0.05, 0.1) is 6.61 Å². The van der Waals surface area contributed by atoms with Gasteiger partial charge in [0.25, 0.3) is 5.79 Å². The number of hydrogen-bond acceptors (Lipinski definition) is 7. The molecule has 1 aliphatic rings. The second kappa shape index (κ2) is 5.05. The average molecular weight is 301 g/mol. The summed E-state index contributed by atoms with van der Waals surface area (Å²) in [6.45, 7) is 0.458.